The molecule has 2 amide bonds. The van der Waals surface area contributed by atoms with E-state index in [0.29, 0.717) is 13.1 Å². The zero-order valence-corrected chi connectivity index (χ0v) is 18.7. The average Bonchev–Trinajstić information content (AvgIpc) is 3.47. The lowest BCUT2D eigenvalue weighted by atomic mass is 10.1. The van der Waals surface area contributed by atoms with E-state index < -0.39 is 0 Å². The molecule has 2 atom stereocenters. The normalized spacial score (nSPS) is 21.5. The summed E-state index contributed by atoms with van der Waals surface area (Å²) in [5.41, 5.74) is 2.46. The van der Waals surface area contributed by atoms with Crippen molar-refractivity contribution in [1.82, 2.24) is 20.4 Å². The maximum atomic E-state index is 12.7. The van der Waals surface area contributed by atoms with Gasteiger partial charge in [0.25, 0.3) is 0 Å². The van der Waals surface area contributed by atoms with Crippen molar-refractivity contribution < 1.29 is 9.59 Å². The summed E-state index contributed by atoms with van der Waals surface area (Å²) in [5.74, 6) is 0.138. The topological polar surface area (TPSA) is 64.7 Å². The molecule has 2 N–H and O–H groups in total. The smallest absolute Gasteiger partial charge is 0.237 e. The molecule has 6 heteroatoms. The molecule has 2 aromatic carbocycles. The van der Waals surface area contributed by atoms with Crippen LogP contribution in [0.5, 0.6) is 0 Å². The molecule has 0 saturated carbocycles. The number of hydrogen-bond acceptors (Lipinski definition) is 4. The predicted molar refractivity (Wildman–Crippen MR) is 126 cm³/mol. The number of likely N-dealkylation sites (tertiary alicyclic amines) is 2. The van der Waals surface area contributed by atoms with Crippen LogP contribution in [-0.4, -0.2) is 59.9 Å². The Bertz CT molecular complexity index is 800. The molecular weight excluding hydrogens is 400 g/mol. The van der Waals surface area contributed by atoms with E-state index >= 15 is 0 Å². The molecule has 2 saturated heterocycles. The second-order valence-corrected chi connectivity index (χ2v) is 8.81. The quantitative estimate of drug-likeness (QED) is 0.596. The van der Waals surface area contributed by atoms with Crippen LogP contribution in [-0.2, 0) is 22.7 Å². The molecule has 0 bridgehead atoms. The second-order valence-electron chi connectivity index (χ2n) is 8.81. The predicted octanol–water partition coefficient (Wildman–Crippen LogP) is 2.55. The highest BCUT2D eigenvalue weighted by Gasteiger charge is 2.31. The van der Waals surface area contributed by atoms with Gasteiger partial charge in [-0.25, -0.2) is 0 Å². The van der Waals surface area contributed by atoms with E-state index in [0.717, 1.165) is 51.9 Å². The van der Waals surface area contributed by atoms with Crippen LogP contribution < -0.4 is 10.6 Å². The lowest BCUT2D eigenvalue weighted by Crippen LogP contribution is -2.47. The summed E-state index contributed by atoms with van der Waals surface area (Å²) < 4.78 is 0. The maximum absolute atomic E-state index is 12.7. The Morgan fingerprint density at radius 3 is 1.50 bits per heavy atom. The highest BCUT2D eigenvalue weighted by molar-refractivity contribution is 5.83. The summed E-state index contributed by atoms with van der Waals surface area (Å²) in [4.78, 5) is 30.0. The fraction of sp³-hybridized carbons (Fsp3) is 0.462. The van der Waals surface area contributed by atoms with E-state index in [2.05, 4.69) is 44.7 Å². The Kier molecular flexibility index (Phi) is 7.91. The van der Waals surface area contributed by atoms with Gasteiger partial charge in [-0.3, -0.25) is 19.4 Å². The van der Waals surface area contributed by atoms with Gasteiger partial charge in [0.2, 0.25) is 11.8 Å². The number of benzene rings is 2. The molecule has 2 heterocycles. The molecule has 2 fully saturated rings. The molecule has 0 spiro atoms. The lowest BCUT2D eigenvalue weighted by molar-refractivity contribution is -0.127. The van der Waals surface area contributed by atoms with E-state index in [-0.39, 0.29) is 23.9 Å². The molecule has 170 valence electrons. The van der Waals surface area contributed by atoms with Crippen molar-refractivity contribution in [2.75, 3.05) is 26.2 Å². The fourth-order valence-electron chi connectivity index (χ4n) is 4.87. The first-order valence-corrected chi connectivity index (χ1v) is 11.8. The van der Waals surface area contributed by atoms with Crippen LogP contribution in [0.25, 0.3) is 0 Å². The fourth-order valence-corrected chi connectivity index (χ4v) is 4.87. The van der Waals surface area contributed by atoms with Crippen LogP contribution >= 0.6 is 0 Å². The van der Waals surface area contributed by atoms with Crippen LogP contribution in [0.4, 0.5) is 0 Å². The Morgan fingerprint density at radius 1 is 0.688 bits per heavy atom. The largest absolute Gasteiger partial charge is 0.353 e. The third kappa shape index (κ3) is 5.96. The number of rotatable bonds is 9. The van der Waals surface area contributed by atoms with E-state index in [9.17, 15) is 9.59 Å². The van der Waals surface area contributed by atoms with E-state index in [4.69, 9.17) is 0 Å². The van der Waals surface area contributed by atoms with Crippen molar-refractivity contribution in [1.29, 1.82) is 0 Å². The van der Waals surface area contributed by atoms with Crippen LogP contribution in [0.2, 0.25) is 0 Å². The molecule has 6 nitrogen and oxygen atoms in total. The van der Waals surface area contributed by atoms with Gasteiger partial charge in [0.05, 0.1) is 12.1 Å². The number of amides is 2. The monoisotopic (exact) mass is 434 g/mol. The maximum Gasteiger partial charge on any atom is 0.237 e. The van der Waals surface area contributed by atoms with Gasteiger partial charge < -0.3 is 10.6 Å². The Balaban J connectivity index is 1.19. The third-order valence-corrected chi connectivity index (χ3v) is 6.51. The number of nitrogens with zero attached hydrogens (tertiary/aromatic N) is 2. The average molecular weight is 435 g/mol. The molecule has 2 aliphatic rings. The SMILES string of the molecule is O=C(NCCNC(=O)[C@@H]1CCCN1Cc1ccccc1)[C@@H]1CCCN1Cc1ccccc1. The first-order valence-electron chi connectivity index (χ1n) is 11.8. The van der Waals surface area contributed by atoms with Crippen molar-refractivity contribution in [3.05, 3.63) is 71.8 Å². The molecule has 0 aromatic heterocycles. The third-order valence-electron chi connectivity index (χ3n) is 6.51. The van der Waals surface area contributed by atoms with E-state index in [1.165, 1.54) is 11.1 Å². The molecule has 0 aliphatic carbocycles. The summed E-state index contributed by atoms with van der Waals surface area (Å²) >= 11 is 0. The number of hydrogen-bond donors (Lipinski definition) is 2. The summed E-state index contributed by atoms with van der Waals surface area (Å²) in [5, 5.41) is 6.06. The van der Waals surface area contributed by atoms with Gasteiger partial charge in [0, 0.05) is 26.2 Å². The molecule has 2 aromatic rings. The molecule has 0 unspecified atom stereocenters. The van der Waals surface area contributed by atoms with Crippen molar-refractivity contribution in [2.24, 2.45) is 0 Å². The number of nitrogens with one attached hydrogen (secondary N) is 2. The van der Waals surface area contributed by atoms with Gasteiger partial charge in [-0.1, -0.05) is 60.7 Å². The van der Waals surface area contributed by atoms with Gasteiger partial charge in [-0.15, -0.1) is 0 Å². The number of carbonyl (C=O) groups is 2. The standard InChI is InChI=1S/C26H34N4O2/c31-25(23-13-7-17-29(23)19-21-9-3-1-4-10-21)27-15-16-28-26(32)24-14-8-18-30(24)20-22-11-5-2-6-12-22/h1-6,9-12,23-24H,7-8,13-20H2,(H,27,31)(H,28,32)/t23-,24-/m0/s1. The van der Waals surface area contributed by atoms with Crippen LogP contribution in [0.3, 0.4) is 0 Å². The Hall–Kier alpha value is -2.70. The summed E-state index contributed by atoms with van der Waals surface area (Å²) in [6, 6.07) is 20.4. The minimum atomic E-state index is -0.0814. The first-order chi connectivity index (χ1) is 15.7. The van der Waals surface area contributed by atoms with Crippen molar-refractivity contribution >= 4 is 11.8 Å². The second kappa shape index (κ2) is 11.2. The molecule has 0 radical (unpaired) electrons. The Labute approximate surface area is 191 Å². The van der Waals surface area contributed by atoms with Gasteiger partial charge in [-0.05, 0) is 49.9 Å². The summed E-state index contributed by atoms with van der Waals surface area (Å²) in [6.07, 6.45) is 3.87. The van der Waals surface area contributed by atoms with Crippen LogP contribution in [0, 0.1) is 0 Å². The lowest BCUT2D eigenvalue weighted by Gasteiger charge is -2.25. The van der Waals surface area contributed by atoms with Crippen molar-refractivity contribution in [2.45, 2.75) is 50.9 Å². The first kappa shape index (κ1) is 22.5. The van der Waals surface area contributed by atoms with Crippen molar-refractivity contribution in [3.63, 3.8) is 0 Å². The summed E-state index contributed by atoms with van der Waals surface area (Å²) in [6.45, 7) is 4.42. The zero-order chi connectivity index (χ0) is 22.2. The Morgan fingerprint density at radius 2 is 1.09 bits per heavy atom. The van der Waals surface area contributed by atoms with Gasteiger partial charge in [0.1, 0.15) is 0 Å². The highest BCUT2D eigenvalue weighted by atomic mass is 16.2. The minimum Gasteiger partial charge on any atom is -0.353 e. The zero-order valence-electron chi connectivity index (χ0n) is 18.7. The molecule has 2 aliphatic heterocycles. The van der Waals surface area contributed by atoms with Gasteiger partial charge >= 0.3 is 0 Å². The van der Waals surface area contributed by atoms with Crippen LogP contribution in [0.1, 0.15) is 36.8 Å². The van der Waals surface area contributed by atoms with E-state index in [1.807, 2.05) is 36.4 Å². The molecule has 4 rings (SSSR count). The summed E-state index contributed by atoms with van der Waals surface area (Å²) in [7, 11) is 0. The molecule has 32 heavy (non-hydrogen) atoms. The van der Waals surface area contributed by atoms with E-state index in [1.54, 1.807) is 0 Å². The minimum absolute atomic E-state index is 0.0688. The van der Waals surface area contributed by atoms with Crippen LogP contribution in [0.15, 0.2) is 60.7 Å². The highest BCUT2D eigenvalue weighted by Crippen LogP contribution is 2.21. The van der Waals surface area contributed by atoms with Gasteiger partial charge in [-0.2, -0.15) is 0 Å². The van der Waals surface area contributed by atoms with Gasteiger partial charge in [0.15, 0.2) is 0 Å². The molecular formula is C26H34N4O2. The number of carbonyl (C=O) groups excluding carboxylic acids is 2. The van der Waals surface area contributed by atoms with Crippen molar-refractivity contribution in [3.8, 4) is 0 Å².